The predicted molar refractivity (Wildman–Crippen MR) is 74.1 cm³/mol. The van der Waals surface area contributed by atoms with Gasteiger partial charge >= 0.3 is 0 Å². The average Bonchev–Trinajstić information content (AvgIpc) is 2.90. The van der Waals surface area contributed by atoms with Crippen LogP contribution in [0.1, 0.15) is 17.2 Å². The summed E-state index contributed by atoms with van der Waals surface area (Å²) in [5, 5.41) is 25.5. The van der Waals surface area contributed by atoms with Gasteiger partial charge in [0.05, 0.1) is 12.5 Å². The molecule has 2 rings (SSSR count). The number of nitrogens with one attached hydrogen (secondary N) is 1. The molecule has 2 aromatic rings. The van der Waals surface area contributed by atoms with Gasteiger partial charge < -0.3 is 15.5 Å². The summed E-state index contributed by atoms with van der Waals surface area (Å²) in [7, 11) is 0. The van der Waals surface area contributed by atoms with Crippen LogP contribution >= 0.6 is 11.3 Å². The van der Waals surface area contributed by atoms with Crippen molar-refractivity contribution in [1.29, 1.82) is 0 Å². The molecule has 0 bridgehead atoms. The maximum atomic E-state index is 11.7. The summed E-state index contributed by atoms with van der Waals surface area (Å²) in [5.74, 6) is -0.0384. The number of benzene rings is 1. The molecular formula is C14H15NO3S. The van der Waals surface area contributed by atoms with Gasteiger partial charge in [0.15, 0.2) is 0 Å². The van der Waals surface area contributed by atoms with Crippen molar-refractivity contribution in [2.75, 3.05) is 6.54 Å². The Morgan fingerprint density at radius 1 is 1.37 bits per heavy atom. The van der Waals surface area contributed by atoms with Gasteiger partial charge in [-0.2, -0.15) is 11.3 Å². The highest BCUT2D eigenvalue weighted by Gasteiger charge is 2.10. The number of aliphatic hydroxyl groups is 1. The highest BCUT2D eigenvalue weighted by molar-refractivity contribution is 7.07. The highest BCUT2D eigenvalue weighted by atomic mass is 32.1. The minimum absolute atomic E-state index is 0.142. The number of hydrogen-bond acceptors (Lipinski definition) is 4. The van der Waals surface area contributed by atoms with E-state index in [4.69, 9.17) is 0 Å². The van der Waals surface area contributed by atoms with Gasteiger partial charge in [0.1, 0.15) is 5.75 Å². The molecule has 0 radical (unpaired) electrons. The molecule has 0 spiro atoms. The zero-order chi connectivity index (χ0) is 13.7. The quantitative estimate of drug-likeness (QED) is 0.781. The van der Waals surface area contributed by atoms with E-state index < -0.39 is 6.10 Å². The number of aliphatic hydroxyl groups excluding tert-OH is 1. The van der Waals surface area contributed by atoms with E-state index in [9.17, 15) is 15.0 Å². The number of amides is 1. The van der Waals surface area contributed by atoms with Crippen molar-refractivity contribution in [2.24, 2.45) is 0 Å². The van der Waals surface area contributed by atoms with Gasteiger partial charge in [-0.3, -0.25) is 4.79 Å². The summed E-state index contributed by atoms with van der Waals surface area (Å²) in [5.41, 5.74) is 1.55. The molecule has 1 aromatic heterocycles. The van der Waals surface area contributed by atoms with Crippen LogP contribution in [0, 0.1) is 0 Å². The number of thiophene rings is 1. The summed E-state index contributed by atoms with van der Waals surface area (Å²) in [6.07, 6.45) is -0.496. The first-order valence-electron chi connectivity index (χ1n) is 5.90. The molecule has 0 aliphatic rings. The molecule has 3 N–H and O–H groups in total. The normalized spacial score (nSPS) is 12.1. The molecular weight excluding hydrogens is 262 g/mol. The lowest BCUT2D eigenvalue weighted by atomic mass is 10.1. The molecule has 0 saturated heterocycles. The zero-order valence-corrected chi connectivity index (χ0v) is 11.1. The van der Waals surface area contributed by atoms with Gasteiger partial charge in [-0.25, -0.2) is 0 Å². The SMILES string of the molecule is O=C(Cc1cccc(O)c1)NCC(O)c1ccsc1. The average molecular weight is 277 g/mol. The Labute approximate surface area is 115 Å². The van der Waals surface area contributed by atoms with Crippen molar-refractivity contribution in [2.45, 2.75) is 12.5 Å². The minimum atomic E-state index is -0.681. The first kappa shape index (κ1) is 13.6. The van der Waals surface area contributed by atoms with E-state index in [-0.39, 0.29) is 24.6 Å². The fraction of sp³-hybridized carbons (Fsp3) is 0.214. The summed E-state index contributed by atoms with van der Waals surface area (Å²) >= 11 is 1.51. The van der Waals surface area contributed by atoms with Gasteiger partial charge in [0.2, 0.25) is 5.91 Å². The van der Waals surface area contributed by atoms with Gasteiger partial charge in [0, 0.05) is 6.54 Å². The maximum Gasteiger partial charge on any atom is 0.224 e. The van der Waals surface area contributed by atoms with E-state index >= 15 is 0 Å². The second-order valence-electron chi connectivity index (χ2n) is 4.22. The van der Waals surface area contributed by atoms with E-state index in [1.807, 2.05) is 16.8 Å². The van der Waals surface area contributed by atoms with E-state index in [1.165, 1.54) is 11.3 Å². The lowest BCUT2D eigenvalue weighted by molar-refractivity contribution is -0.120. The molecule has 1 atom stereocenters. The number of carbonyl (C=O) groups is 1. The smallest absolute Gasteiger partial charge is 0.224 e. The zero-order valence-electron chi connectivity index (χ0n) is 10.2. The summed E-state index contributed by atoms with van der Waals surface area (Å²) in [4.78, 5) is 11.7. The van der Waals surface area contributed by atoms with Gasteiger partial charge in [-0.1, -0.05) is 12.1 Å². The molecule has 19 heavy (non-hydrogen) atoms. The molecule has 0 aliphatic heterocycles. The van der Waals surface area contributed by atoms with Crippen molar-refractivity contribution >= 4 is 17.2 Å². The molecule has 1 aromatic carbocycles. The van der Waals surface area contributed by atoms with Crippen LogP contribution in [-0.4, -0.2) is 22.7 Å². The first-order chi connectivity index (χ1) is 9.15. The number of rotatable bonds is 5. The molecule has 1 amide bonds. The molecule has 0 fully saturated rings. The first-order valence-corrected chi connectivity index (χ1v) is 6.84. The topological polar surface area (TPSA) is 69.6 Å². The van der Waals surface area contributed by atoms with E-state index in [0.717, 1.165) is 11.1 Å². The van der Waals surface area contributed by atoms with E-state index in [2.05, 4.69) is 5.32 Å². The molecule has 0 saturated carbocycles. The Hall–Kier alpha value is -1.85. The second kappa shape index (κ2) is 6.36. The van der Waals surface area contributed by atoms with Crippen LogP contribution in [0.4, 0.5) is 0 Å². The molecule has 0 aliphatic carbocycles. The third-order valence-electron chi connectivity index (χ3n) is 2.70. The number of phenolic OH excluding ortho intramolecular Hbond substituents is 1. The Kier molecular flexibility index (Phi) is 4.54. The van der Waals surface area contributed by atoms with Crippen LogP contribution < -0.4 is 5.32 Å². The summed E-state index contributed by atoms with van der Waals surface area (Å²) < 4.78 is 0. The number of phenols is 1. The van der Waals surface area contributed by atoms with E-state index in [1.54, 1.807) is 24.3 Å². The van der Waals surface area contributed by atoms with Crippen molar-refractivity contribution in [3.05, 3.63) is 52.2 Å². The third-order valence-corrected chi connectivity index (χ3v) is 3.40. The molecule has 5 heteroatoms. The predicted octanol–water partition coefficient (Wildman–Crippen LogP) is 1.85. The fourth-order valence-corrected chi connectivity index (χ4v) is 2.41. The van der Waals surface area contributed by atoms with Crippen LogP contribution in [-0.2, 0) is 11.2 Å². The van der Waals surface area contributed by atoms with Gasteiger partial charge in [-0.15, -0.1) is 0 Å². The Morgan fingerprint density at radius 2 is 2.21 bits per heavy atom. The number of carbonyl (C=O) groups excluding carboxylic acids is 1. The number of hydrogen-bond donors (Lipinski definition) is 3. The Morgan fingerprint density at radius 3 is 2.89 bits per heavy atom. The largest absolute Gasteiger partial charge is 0.508 e. The fourth-order valence-electron chi connectivity index (χ4n) is 1.71. The summed E-state index contributed by atoms with van der Waals surface area (Å²) in [6.45, 7) is 0.189. The van der Waals surface area contributed by atoms with Gasteiger partial charge in [-0.05, 0) is 40.1 Å². The van der Waals surface area contributed by atoms with Crippen molar-refractivity contribution in [1.82, 2.24) is 5.32 Å². The van der Waals surface area contributed by atoms with Crippen LogP contribution in [0.3, 0.4) is 0 Å². The lowest BCUT2D eigenvalue weighted by Gasteiger charge is -2.10. The lowest BCUT2D eigenvalue weighted by Crippen LogP contribution is -2.29. The van der Waals surface area contributed by atoms with E-state index in [0.29, 0.717) is 0 Å². The monoisotopic (exact) mass is 277 g/mol. The van der Waals surface area contributed by atoms with Crippen molar-refractivity contribution < 1.29 is 15.0 Å². The molecule has 1 heterocycles. The van der Waals surface area contributed by atoms with Crippen molar-refractivity contribution in [3.8, 4) is 5.75 Å². The van der Waals surface area contributed by atoms with Crippen LogP contribution in [0.5, 0.6) is 5.75 Å². The highest BCUT2D eigenvalue weighted by Crippen LogP contribution is 2.15. The Bertz CT molecular complexity index is 539. The van der Waals surface area contributed by atoms with Crippen LogP contribution in [0.25, 0.3) is 0 Å². The van der Waals surface area contributed by atoms with Gasteiger partial charge in [0.25, 0.3) is 0 Å². The number of aromatic hydroxyl groups is 1. The maximum absolute atomic E-state index is 11.7. The van der Waals surface area contributed by atoms with Crippen LogP contribution in [0.15, 0.2) is 41.1 Å². The molecule has 100 valence electrons. The molecule has 4 nitrogen and oxygen atoms in total. The van der Waals surface area contributed by atoms with Crippen molar-refractivity contribution in [3.63, 3.8) is 0 Å². The standard InChI is InChI=1S/C14H15NO3S/c16-12-3-1-2-10(6-12)7-14(18)15-8-13(17)11-4-5-19-9-11/h1-6,9,13,16-17H,7-8H2,(H,15,18). The van der Waals surface area contributed by atoms with Crippen LogP contribution in [0.2, 0.25) is 0 Å². The minimum Gasteiger partial charge on any atom is -0.508 e. The molecule has 1 unspecified atom stereocenters. The Balaban J connectivity index is 1.82. The second-order valence-corrected chi connectivity index (χ2v) is 5.00. The summed E-state index contributed by atoms with van der Waals surface area (Å²) in [6, 6.07) is 8.40. The third kappa shape index (κ3) is 4.08.